The predicted octanol–water partition coefficient (Wildman–Crippen LogP) is 3.18. The molecule has 1 aliphatic heterocycles. The van der Waals surface area contributed by atoms with Crippen molar-refractivity contribution in [3.63, 3.8) is 0 Å². The summed E-state index contributed by atoms with van der Waals surface area (Å²) in [6, 6.07) is 10.6. The zero-order valence-corrected chi connectivity index (χ0v) is 12.9. The van der Waals surface area contributed by atoms with E-state index in [4.69, 9.17) is 0 Å². The van der Waals surface area contributed by atoms with Crippen molar-refractivity contribution in [1.82, 2.24) is 10.2 Å². The van der Waals surface area contributed by atoms with Crippen LogP contribution < -0.4 is 5.32 Å². The number of halogens is 2. The fraction of sp³-hybridized carbons (Fsp3) is 0.647. The van der Waals surface area contributed by atoms with Gasteiger partial charge in [0.15, 0.2) is 0 Å². The van der Waals surface area contributed by atoms with E-state index in [1.807, 2.05) is 23.1 Å². The van der Waals surface area contributed by atoms with Crippen molar-refractivity contribution in [2.24, 2.45) is 5.92 Å². The van der Waals surface area contributed by atoms with Gasteiger partial charge < -0.3 is 5.32 Å². The molecule has 1 aromatic rings. The number of nitrogens with zero attached hydrogens (tertiary/aromatic N) is 1. The highest BCUT2D eigenvalue weighted by Crippen LogP contribution is 2.17. The van der Waals surface area contributed by atoms with E-state index in [-0.39, 0.29) is 12.6 Å². The lowest BCUT2D eigenvalue weighted by molar-refractivity contribution is 0.0405. The maximum Gasteiger partial charge on any atom is 0.251 e. The average Bonchev–Trinajstić information content (AvgIpc) is 2.41. The molecule has 1 aliphatic rings. The van der Waals surface area contributed by atoms with Crippen LogP contribution in [0.1, 0.15) is 25.8 Å². The van der Waals surface area contributed by atoms with E-state index in [0.717, 1.165) is 25.9 Å². The molecule has 118 valence electrons. The molecule has 1 N–H and O–H groups in total. The van der Waals surface area contributed by atoms with Crippen LogP contribution in [0, 0.1) is 5.92 Å². The van der Waals surface area contributed by atoms with Crippen molar-refractivity contribution in [3.8, 4) is 0 Å². The summed E-state index contributed by atoms with van der Waals surface area (Å²) in [5, 5.41) is 3.54. The van der Waals surface area contributed by atoms with E-state index in [1.165, 1.54) is 5.56 Å². The quantitative estimate of drug-likeness (QED) is 0.867. The summed E-state index contributed by atoms with van der Waals surface area (Å²) >= 11 is 0. The van der Waals surface area contributed by atoms with Crippen LogP contribution in [0.5, 0.6) is 0 Å². The monoisotopic (exact) mass is 296 g/mol. The molecule has 2 atom stereocenters. The molecule has 1 saturated heterocycles. The first-order valence-electron chi connectivity index (χ1n) is 7.84. The third kappa shape index (κ3) is 5.36. The van der Waals surface area contributed by atoms with Crippen LogP contribution in [0.3, 0.4) is 0 Å². The second kappa shape index (κ2) is 7.85. The molecule has 1 fully saturated rings. The summed E-state index contributed by atoms with van der Waals surface area (Å²) in [5.41, 5.74) is 1.21. The van der Waals surface area contributed by atoms with E-state index in [9.17, 15) is 8.78 Å². The third-order valence-corrected chi connectivity index (χ3v) is 4.06. The number of hydrogen-bond acceptors (Lipinski definition) is 2. The lowest BCUT2D eigenvalue weighted by Crippen LogP contribution is -2.58. The minimum atomic E-state index is -2.26. The van der Waals surface area contributed by atoms with Gasteiger partial charge in [-0.3, -0.25) is 4.90 Å². The first-order chi connectivity index (χ1) is 10.0. The van der Waals surface area contributed by atoms with Crippen molar-refractivity contribution in [2.45, 2.75) is 45.2 Å². The third-order valence-electron chi connectivity index (χ3n) is 4.06. The van der Waals surface area contributed by atoms with E-state index >= 15 is 0 Å². The number of rotatable bonds is 6. The second-order valence-electron chi connectivity index (χ2n) is 6.42. The van der Waals surface area contributed by atoms with E-state index < -0.39 is 6.43 Å². The highest BCUT2D eigenvalue weighted by molar-refractivity contribution is 5.16. The van der Waals surface area contributed by atoms with Crippen LogP contribution in [0.4, 0.5) is 8.78 Å². The molecule has 0 spiro atoms. The maximum absolute atomic E-state index is 12.9. The summed E-state index contributed by atoms with van der Waals surface area (Å²) in [4.78, 5) is 1.97. The molecule has 2 nitrogen and oxygen atoms in total. The molecule has 2 unspecified atom stereocenters. The molecular formula is C17H26F2N2. The van der Waals surface area contributed by atoms with E-state index in [1.54, 1.807) is 0 Å². The summed E-state index contributed by atoms with van der Waals surface area (Å²) in [7, 11) is 0. The second-order valence-corrected chi connectivity index (χ2v) is 6.42. The lowest BCUT2D eigenvalue weighted by Gasteiger charge is -2.41. The minimum Gasteiger partial charge on any atom is -0.311 e. The smallest absolute Gasteiger partial charge is 0.251 e. The van der Waals surface area contributed by atoms with Crippen LogP contribution in [0.25, 0.3) is 0 Å². The van der Waals surface area contributed by atoms with Gasteiger partial charge in [-0.2, -0.15) is 0 Å². The Hall–Kier alpha value is -1.00. The number of piperazine rings is 1. The summed E-state index contributed by atoms with van der Waals surface area (Å²) in [6.45, 7) is 5.75. The van der Waals surface area contributed by atoms with Gasteiger partial charge in [0.05, 0.1) is 6.54 Å². The van der Waals surface area contributed by atoms with Gasteiger partial charge in [0.1, 0.15) is 0 Å². The van der Waals surface area contributed by atoms with Crippen molar-refractivity contribution in [2.75, 3.05) is 19.6 Å². The van der Waals surface area contributed by atoms with E-state index in [2.05, 4.69) is 31.3 Å². The molecule has 0 saturated carbocycles. The van der Waals surface area contributed by atoms with Crippen LogP contribution in [0.15, 0.2) is 30.3 Å². The van der Waals surface area contributed by atoms with Crippen LogP contribution in [-0.2, 0) is 6.42 Å². The molecule has 1 aromatic carbocycles. The Morgan fingerprint density at radius 2 is 1.95 bits per heavy atom. The molecule has 0 amide bonds. The highest BCUT2D eigenvalue weighted by Gasteiger charge is 2.29. The topological polar surface area (TPSA) is 15.3 Å². The van der Waals surface area contributed by atoms with Gasteiger partial charge in [-0.15, -0.1) is 0 Å². The zero-order chi connectivity index (χ0) is 15.2. The first-order valence-corrected chi connectivity index (χ1v) is 7.84. The summed E-state index contributed by atoms with van der Waals surface area (Å²) in [5.74, 6) is 0.585. The number of hydrogen-bond donors (Lipinski definition) is 1. The standard InChI is InChI=1S/C17H26F2N2/c1-13(2)8-15-11-21(12-17(18)19)16(10-20-15)9-14-6-4-3-5-7-14/h3-7,13,15-17,20H,8-12H2,1-2H3. The first kappa shape index (κ1) is 16.4. The number of alkyl halides is 2. The van der Waals surface area contributed by atoms with Gasteiger partial charge >= 0.3 is 0 Å². The fourth-order valence-corrected chi connectivity index (χ4v) is 3.14. The Kier molecular flexibility index (Phi) is 6.12. The van der Waals surface area contributed by atoms with Gasteiger partial charge in [0.25, 0.3) is 6.43 Å². The van der Waals surface area contributed by atoms with Gasteiger partial charge in [-0.25, -0.2) is 8.78 Å². The van der Waals surface area contributed by atoms with Crippen molar-refractivity contribution in [1.29, 1.82) is 0 Å². The Bertz CT molecular complexity index is 409. The normalized spacial score (nSPS) is 23.9. The van der Waals surface area contributed by atoms with Crippen molar-refractivity contribution >= 4 is 0 Å². The molecule has 1 heterocycles. The molecule has 0 radical (unpaired) electrons. The van der Waals surface area contributed by atoms with Crippen molar-refractivity contribution in [3.05, 3.63) is 35.9 Å². The van der Waals surface area contributed by atoms with Gasteiger partial charge in [0.2, 0.25) is 0 Å². The summed E-state index contributed by atoms with van der Waals surface area (Å²) < 4.78 is 25.7. The Morgan fingerprint density at radius 3 is 2.57 bits per heavy atom. The molecule has 2 rings (SSSR count). The lowest BCUT2D eigenvalue weighted by atomic mass is 9.97. The minimum absolute atomic E-state index is 0.117. The predicted molar refractivity (Wildman–Crippen MR) is 82.8 cm³/mol. The highest BCUT2D eigenvalue weighted by atomic mass is 19.3. The molecule has 4 heteroatoms. The van der Waals surface area contributed by atoms with Crippen LogP contribution >= 0.6 is 0 Å². The average molecular weight is 296 g/mol. The maximum atomic E-state index is 12.9. The molecular weight excluding hydrogens is 270 g/mol. The number of benzene rings is 1. The Morgan fingerprint density at radius 1 is 1.24 bits per heavy atom. The SMILES string of the molecule is CC(C)CC1CN(CC(F)F)C(Cc2ccccc2)CN1. The van der Waals surface area contributed by atoms with E-state index in [0.29, 0.717) is 12.0 Å². The molecule has 0 bridgehead atoms. The Balaban J connectivity index is 1.98. The Labute approximate surface area is 126 Å². The van der Waals surface area contributed by atoms with Crippen molar-refractivity contribution < 1.29 is 8.78 Å². The summed E-state index contributed by atoms with van der Waals surface area (Å²) in [6.07, 6.45) is -0.395. The molecule has 0 aromatic heterocycles. The molecule has 21 heavy (non-hydrogen) atoms. The van der Waals surface area contributed by atoms with Crippen LogP contribution in [0.2, 0.25) is 0 Å². The zero-order valence-electron chi connectivity index (χ0n) is 12.9. The van der Waals surface area contributed by atoms with Gasteiger partial charge in [-0.05, 0) is 24.3 Å². The fourth-order valence-electron chi connectivity index (χ4n) is 3.14. The largest absolute Gasteiger partial charge is 0.311 e. The van der Waals surface area contributed by atoms with Gasteiger partial charge in [-0.1, -0.05) is 44.2 Å². The number of nitrogens with one attached hydrogen (secondary N) is 1. The molecule has 0 aliphatic carbocycles. The van der Waals surface area contributed by atoms with Gasteiger partial charge in [0, 0.05) is 25.2 Å². The van der Waals surface area contributed by atoms with Crippen LogP contribution in [-0.4, -0.2) is 43.0 Å².